The standard InChI is InChI=1S/C12H10O2/c1-14-12-7-9(8-13)6-10-4-2-3-5-11(10)12/h2-8H,1H3. The van der Waals surface area contributed by atoms with Gasteiger partial charge in [0.15, 0.2) is 0 Å². The Morgan fingerprint density at radius 2 is 2.00 bits per heavy atom. The van der Waals surface area contributed by atoms with Crippen molar-refractivity contribution in [1.29, 1.82) is 0 Å². The largest absolute Gasteiger partial charge is 0.496 e. The Labute approximate surface area is 82.1 Å². The minimum atomic E-state index is 0.639. The van der Waals surface area contributed by atoms with E-state index in [0.717, 1.165) is 22.8 Å². The second kappa shape index (κ2) is 3.50. The molecule has 2 rings (SSSR count). The molecule has 0 amide bonds. The lowest BCUT2D eigenvalue weighted by atomic mass is 10.1. The molecule has 0 heterocycles. The molecule has 0 spiro atoms. The smallest absolute Gasteiger partial charge is 0.150 e. The van der Waals surface area contributed by atoms with Gasteiger partial charge in [-0.05, 0) is 17.5 Å². The molecule has 0 aliphatic heterocycles. The number of fused-ring (bicyclic) bond motifs is 1. The molecule has 0 aliphatic carbocycles. The van der Waals surface area contributed by atoms with Crippen LogP contribution in [0, 0.1) is 0 Å². The number of benzene rings is 2. The van der Waals surface area contributed by atoms with Gasteiger partial charge >= 0.3 is 0 Å². The quantitative estimate of drug-likeness (QED) is 0.674. The van der Waals surface area contributed by atoms with Crippen molar-refractivity contribution < 1.29 is 9.53 Å². The Kier molecular flexibility index (Phi) is 2.19. The summed E-state index contributed by atoms with van der Waals surface area (Å²) in [5.41, 5.74) is 0.639. The van der Waals surface area contributed by atoms with Gasteiger partial charge in [-0.25, -0.2) is 0 Å². The van der Waals surface area contributed by atoms with Gasteiger partial charge in [0.25, 0.3) is 0 Å². The van der Waals surface area contributed by atoms with E-state index in [1.165, 1.54) is 0 Å². The van der Waals surface area contributed by atoms with Crippen LogP contribution in [0.4, 0.5) is 0 Å². The van der Waals surface area contributed by atoms with Crippen LogP contribution >= 0.6 is 0 Å². The van der Waals surface area contributed by atoms with Gasteiger partial charge in [-0.1, -0.05) is 24.3 Å². The summed E-state index contributed by atoms with van der Waals surface area (Å²) in [5.74, 6) is 0.741. The zero-order chi connectivity index (χ0) is 9.97. The van der Waals surface area contributed by atoms with E-state index in [4.69, 9.17) is 4.74 Å². The van der Waals surface area contributed by atoms with Crippen LogP contribution < -0.4 is 4.74 Å². The average Bonchev–Trinajstić information content (AvgIpc) is 2.27. The highest BCUT2D eigenvalue weighted by molar-refractivity contribution is 5.93. The van der Waals surface area contributed by atoms with E-state index in [-0.39, 0.29) is 0 Å². The molecule has 0 aromatic heterocycles. The second-order valence-corrected chi connectivity index (χ2v) is 3.06. The molecular weight excluding hydrogens is 176 g/mol. The van der Waals surface area contributed by atoms with Gasteiger partial charge in [-0.15, -0.1) is 0 Å². The fourth-order valence-corrected chi connectivity index (χ4v) is 1.53. The molecule has 0 atom stereocenters. The predicted molar refractivity (Wildman–Crippen MR) is 55.9 cm³/mol. The summed E-state index contributed by atoms with van der Waals surface area (Å²) >= 11 is 0. The molecule has 0 fully saturated rings. The number of rotatable bonds is 2. The van der Waals surface area contributed by atoms with E-state index < -0.39 is 0 Å². The van der Waals surface area contributed by atoms with Crippen molar-refractivity contribution in [3.05, 3.63) is 42.0 Å². The summed E-state index contributed by atoms with van der Waals surface area (Å²) in [4.78, 5) is 10.7. The van der Waals surface area contributed by atoms with Gasteiger partial charge < -0.3 is 4.74 Å². The van der Waals surface area contributed by atoms with Crippen molar-refractivity contribution >= 4 is 17.1 Å². The molecule has 0 unspecified atom stereocenters. The average molecular weight is 186 g/mol. The summed E-state index contributed by atoms with van der Waals surface area (Å²) in [6, 6.07) is 11.4. The van der Waals surface area contributed by atoms with Crippen LogP contribution in [0.25, 0.3) is 10.8 Å². The third kappa shape index (κ3) is 1.35. The Balaban J connectivity index is 2.79. The number of ether oxygens (including phenoxy) is 1. The SMILES string of the molecule is COc1cc(C=O)cc2ccccc12. The first-order chi connectivity index (χ1) is 6.85. The van der Waals surface area contributed by atoms with Crippen molar-refractivity contribution in [1.82, 2.24) is 0 Å². The lowest BCUT2D eigenvalue weighted by Gasteiger charge is -2.05. The Morgan fingerprint density at radius 3 is 2.71 bits per heavy atom. The lowest BCUT2D eigenvalue weighted by molar-refractivity contribution is 0.112. The topological polar surface area (TPSA) is 26.3 Å². The van der Waals surface area contributed by atoms with Gasteiger partial charge in [0.05, 0.1) is 7.11 Å². The molecule has 2 nitrogen and oxygen atoms in total. The van der Waals surface area contributed by atoms with Crippen LogP contribution in [0.15, 0.2) is 36.4 Å². The summed E-state index contributed by atoms with van der Waals surface area (Å²) in [5, 5.41) is 2.05. The fourth-order valence-electron chi connectivity index (χ4n) is 1.53. The highest BCUT2D eigenvalue weighted by Gasteiger charge is 2.02. The van der Waals surface area contributed by atoms with Crippen molar-refractivity contribution in [2.75, 3.05) is 7.11 Å². The third-order valence-corrected chi connectivity index (χ3v) is 2.20. The number of hydrogen-bond acceptors (Lipinski definition) is 2. The van der Waals surface area contributed by atoms with Gasteiger partial charge in [-0.3, -0.25) is 4.79 Å². The maximum atomic E-state index is 10.7. The zero-order valence-electron chi connectivity index (χ0n) is 7.86. The number of methoxy groups -OCH3 is 1. The lowest BCUT2D eigenvalue weighted by Crippen LogP contribution is -1.88. The second-order valence-electron chi connectivity index (χ2n) is 3.06. The van der Waals surface area contributed by atoms with Crippen LogP contribution in [0.3, 0.4) is 0 Å². The summed E-state index contributed by atoms with van der Waals surface area (Å²) in [6.07, 6.45) is 0.828. The third-order valence-electron chi connectivity index (χ3n) is 2.20. The van der Waals surface area contributed by atoms with Crippen LogP contribution in [-0.2, 0) is 0 Å². The molecule has 0 N–H and O–H groups in total. The molecule has 0 saturated heterocycles. The molecular formula is C12H10O2. The number of carbonyl (C=O) groups is 1. The Bertz CT molecular complexity index is 475. The highest BCUT2D eigenvalue weighted by Crippen LogP contribution is 2.26. The summed E-state index contributed by atoms with van der Waals surface area (Å²) in [6.45, 7) is 0. The Morgan fingerprint density at radius 1 is 1.21 bits per heavy atom. The number of aldehydes is 1. The van der Waals surface area contributed by atoms with Gasteiger partial charge in [0.1, 0.15) is 12.0 Å². The van der Waals surface area contributed by atoms with Crippen LogP contribution in [0.5, 0.6) is 5.75 Å². The van der Waals surface area contributed by atoms with E-state index in [0.29, 0.717) is 5.56 Å². The predicted octanol–water partition coefficient (Wildman–Crippen LogP) is 2.66. The Hall–Kier alpha value is -1.83. The van der Waals surface area contributed by atoms with Crippen molar-refractivity contribution in [3.8, 4) is 5.75 Å². The summed E-state index contributed by atoms with van der Waals surface area (Å²) in [7, 11) is 1.61. The van der Waals surface area contributed by atoms with E-state index in [1.54, 1.807) is 13.2 Å². The maximum absolute atomic E-state index is 10.7. The molecule has 0 aliphatic rings. The summed E-state index contributed by atoms with van der Waals surface area (Å²) < 4.78 is 5.21. The first-order valence-corrected chi connectivity index (χ1v) is 4.37. The first-order valence-electron chi connectivity index (χ1n) is 4.37. The van der Waals surface area contributed by atoms with Crippen LogP contribution in [-0.4, -0.2) is 13.4 Å². The van der Waals surface area contributed by atoms with E-state index >= 15 is 0 Å². The van der Waals surface area contributed by atoms with Gasteiger partial charge in [-0.2, -0.15) is 0 Å². The zero-order valence-corrected chi connectivity index (χ0v) is 7.86. The van der Waals surface area contributed by atoms with Crippen molar-refractivity contribution in [3.63, 3.8) is 0 Å². The van der Waals surface area contributed by atoms with Crippen molar-refractivity contribution in [2.45, 2.75) is 0 Å². The van der Waals surface area contributed by atoms with E-state index in [1.807, 2.05) is 30.3 Å². The fraction of sp³-hybridized carbons (Fsp3) is 0.0833. The monoisotopic (exact) mass is 186 g/mol. The van der Waals surface area contributed by atoms with Crippen LogP contribution in [0.1, 0.15) is 10.4 Å². The molecule has 2 heteroatoms. The van der Waals surface area contributed by atoms with E-state index in [9.17, 15) is 4.79 Å². The molecule has 0 bridgehead atoms. The molecule has 70 valence electrons. The van der Waals surface area contributed by atoms with Gasteiger partial charge in [0, 0.05) is 10.9 Å². The molecule has 2 aromatic rings. The maximum Gasteiger partial charge on any atom is 0.150 e. The number of hydrogen-bond donors (Lipinski definition) is 0. The minimum absolute atomic E-state index is 0.639. The normalized spacial score (nSPS) is 10.1. The number of carbonyl (C=O) groups excluding carboxylic acids is 1. The molecule has 0 saturated carbocycles. The van der Waals surface area contributed by atoms with Gasteiger partial charge in [0.2, 0.25) is 0 Å². The minimum Gasteiger partial charge on any atom is -0.496 e. The van der Waals surface area contributed by atoms with E-state index in [2.05, 4.69) is 0 Å². The molecule has 2 aromatic carbocycles. The molecule has 14 heavy (non-hydrogen) atoms. The highest BCUT2D eigenvalue weighted by atomic mass is 16.5. The van der Waals surface area contributed by atoms with Crippen LogP contribution in [0.2, 0.25) is 0 Å². The molecule has 0 radical (unpaired) electrons. The van der Waals surface area contributed by atoms with Crippen molar-refractivity contribution in [2.24, 2.45) is 0 Å². The first kappa shape index (κ1) is 8.75.